The van der Waals surface area contributed by atoms with Crippen LogP contribution in [0, 0.1) is 5.41 Å². The molecule has 2 saturated heterocycles. The second-order valence-electron chi connectivity index (χ2n) is 7.00. The van der Waals surface area contributed by atoms with Crippen LogP contribution < -0.4 is 0 Å². The number of piperidine rings is 1. The van der Waals surface area contributed by atoms with Crippen molar-refractivity contribution >= 4 is 11.8 Å². The topological polar surface area (TPSA) is 54.8 Å². The normalized spacial score (nSPS) is 24.2. The zero-order valence-electron chi connectivity index (χ0n) is 14.7. The van der Waals surface area contributed by atoms with Gasteiger partial charge in [-0.3, -0.25) is 9.59 Å². The number of rotatable bonds is 5. The van der Waals surface area contributed by atoms with E-state index in [1.54, 1.807) is 7.11 Å². The van der Waals surface area contributed by atoms with Gasteiger partial charge in [-0.15, -0.1) is 0 Å². The molecule has 132 valence electrons. The van der Waals surface area contributed by atoms with Gasteiger partial charge in [0.25, 0.3) is 5.91 Å². The maximum atomic E-state index is 13.0. The number of amides is 2. The number of likely N-dealkylation sites (tertiary alicyclic amines) is 2. The molecule has 1 spiro atoms. The molecule has 6 heteroatoms. The SMILES string of the molecule is COCCCN1CCCC2(CCN(C(=O)c3cccn3C)C2)C1=O. The molecule has 0 N–H and O–H groups in total. The molecule has 0 radical (unpaired) electrons. The van der Waals surface area contributed by atoms with Crippen LogP contribution in [0.4, 0.5) is 0 Å². The summed E-state index contributed by atoms with van der Waals surface area (Å²) >= 11 is 0. The van der Waals surface area contributed by atoms with Crippen LogP contribution in [-0.4, -0.2) is 66.1 Å². The van der Waals surface area contributed by atoms with Crippen LogP contribution in [-0.2, 0) is 16.6 Å². The number of hydrogen-bond acceptors (Lipinski definition) is 3. The Morgan fingerprint density at radius 3 is 2.88 bits per heavy atom. The third-order valence-electron chi connectivity index (χ3n) is 5.40. The van der Waals surface area contributed by atoms with Crippen molar-refractivity contribution in [3.05, 3.63) is 24.0 Å². The Morgan fingerprint density at radius 2 is 2.17 bits per heavy atom. The molecule has 2 amide bonds. The second-order valence-corrected chi connectivity index (χ2v) is 7.00. The molecule has 24 heavy (non-hydrogen) atoms. The summed E-state index contributed by atoms with van der Waals surface area (Å²) in [4.78, 5) is 29.5. The molecule has 3 rings (SSSR count). The summed E-state index contributed by atoms with van der Waals surface area (Å²) in [6.45, 7) is 3.48. The number of ether oxygens (including phenoxy) is 1. The van der Waals surface area contributed by atoms with E-state index in [4.69, 9.17) is 4.74 Å². The minimum absolute atomic E-state index is 0.0312. The quantitative estimate of drug-likeness (QED) is 0.768. The second kappa shape index (κ2) is 6.97. The number of aryl methyl sites for hydroxylation is 1. The van der Waals surface area contributed by atoms with Gasteiger partial charge in [-0.1, -0.05) is 0 Å². The lowest BCUT2D eigenvalue weighted by Gasteiger charge is -2.39. The van der Waals surface area contributed by atoms with E-state index >= 15 is 0 Å². The average Bonchev–Trinajstić information content (AvgIpc) is 3.19. The summed E-state index contributed by atoms with van der Waals surface area (Å²) in [5.41, 5.74) is 0.318. The van der Waals surface area contributed by atoms with E-state index in [1.807, 2.05) is 39.7 Å². The largest absolute Gasteiger partial charge is 0.385 e. The fourth-order valence-electron chi connectivity index (χ4n) is 4.03. The predicted molar refractivity (Wildman–Crippen MR) is 90.7 cm³/mol. The fraction of sp³-hybridized carbons (Fsp3) is 0.667. The zero-order valence-corrected chi connectivity index (χ0v) is 14.7. The van der Waals surface area contributed by atoms with Gasteiger partial charge in [-0.2, -0.15) is 0 Å². The summed E-state index contributed by atoms with van der Waals surface area (Å²) in [5, 5.41) is 0. The van der Waals surface area contributed by atoms with Crippen molar-refractivity contribution in [1.29, 1.82) is 0 Å². The Bertz CT molecular complexity index is 612. The molecule has 0 saturated carbocycles. The summed E-state index contributed by atoms with van der Waals surface area (Å²) < 4.78 is 6.93. The molecule has 3 heterocycles. The molecule has 0 bridgehead atoms. The Kier molecular flexibility index (Phi) is 4.94. The molecule has 1 atom stereocenters. The van der Waals surface area contributed by atoms with Gasteiger partial charge in [0.1, 0.15) is 5.69 Å². The molecule has 1 unspecified atom stereocenters. The van der Waals surface area contributed by atoms with Crippen molar-refractivity contribution in [1.82, 2.24) is 14.4 Å². The van der Waals surface area contributed by atoms with Crippen molar-refractivity contribution in [3.8, 4) is 0 Å². The molecular weight excluding hydrogens is 306 g/mol. The molecule has 1 aromatic rings. The van der Waals surface area contributed by atoms with E-state index in [0.717, 1.165) is 38.8 Å². The summed E-state index contributed by atoms with van der Waals surface area (Å²) in [7, 11) is 3.56. The van der Waals surface area contributed by atoms with E-state index in [2.05, 4.69) is 0 Å². The number of aromatic nitrogens is 1. The molecule has 6 nitrogen and oxygen atoms in total. The highest BCUT2D eigenvalue weighted by Gasteiger charge is 2.49. The lowest BCUT2D eigenvalue weighted by molar-refractivity contribution is -0.145. The fourth-order valence-corrected chi connectivity index (χ4v) is 4.03. The zero-order chi connectivity index (χ0) is 17.2. The first-order valence-electron chi connectivity index (χ1n) is 8.76. The Morgan fingerprint density at radius 1 is 1.33 bits per heavy atom. The van der Waals surface area contributed by atoms with Crippen molar-refractivity contribution in [2.24, 2.45) is 12.5 Å². The number of methoxy groups -OCH3 is 1. The van der Waals surface area contributed by atoms with Gasteiger partial charge in [0, 0.05) is 53.1 Å². The molecule has 0 aliphatic carbocycles. The van der Waals surface area contributed by atoms with Gasteiger partial charge in [0.15, 0.2) is 0 Å². The van der Waals surface area contributed by atoms with Gasteiger partial charge in [0.2, 0.25) is 5.91 Å². The van der Waals surface area contributed by atoms with Crippen molar-refractivity contribution in [2.45, 2.75) is 25.7 Å². The van der Waals surface area contributed by atoms with E-state index in [9.17, 15) is 9.59 Å². The van der Waals surface area contributed by atoms with Crippen LogP contribution in [0.3, 0.4) is 0 Å². The molecule has 2 aliphatic heterocycles. The van der Waals surface area contributed by atoms with Crippen LogP contribution in [0.15, 0.2) is 18.3 Å². The standard InChI is InChI=1S/C18H27N3O3/c1-19-9-3-6-15(19)16(22)21-12-8-18(14-21)7-4-10-20(17(18)23)11-5-13-24-2/h3,6,9H,4-5,7-8,10-14H2,1-2H3. The Labute approximate surface area is 143 Å². The van der Waals surface area contributed by atoms with Gasteiger partial charge < -0.3 is 19.1 Å². The highest BCUT2D eigenvalue weighted by atomic mass is 16.5. The van der Waals surface area contributed by atoms with E-state index in [0.29, 0.717) is 25.4 Å². The van der Waals surface area contributed by atoms with Crippen molar-refractivity contribution in [2.75, 3.05) is 39.9 Å². The van der Waals surface area contributed by atoms with Gasteiger partial charge in [-0.25, -0.2) is 0 Å². The maximum Gasteiger partial charge on any atom is 0.270 e. The van der Waals surface area contributed by atoms with Crippen LogP contribution in [0.5, 0.6) is 0 Å². The van der Waals surface area contributed by atoms with Crippen LogP contribution in [0.1, 0.15) is 36.2 Å². The van der Waals surface area contributed by atoms with Crippen LogP contribution in [0.25, 0.3) is 0 Å². The highest BCUT2D eigenvalue weighted by Crippen LogP contribution is 2.40. The lowest BCUT2D eigenvalue weighted by atomic mass is 9.78. The Hall–Kier alpha value is -1.82. The van der Waals surface area contributed by atoms with Crippen LogP contribution >= 0.6 is 0 Å². The van der Waals surface area contributed by atoms with Crippen molar-refractivity contribution in [3.63, 3.8) is 0 Å². The number of nitrogens with zero attached hydrogens (tertiary/aromatic N) is 3. The van der Waals surface area contributed by atoms with Gasteiger partial charge in [-0.05, 0) is 37.8 Å². The first kappa shape index (κ1) is 17.0. The third-order valence-corrected chi connectivity index (χ3v) is 5.40. The molecule has 2 aliphatic rings. The summed E-state index contributed by atoms with van der Waals surface area (Å²) in [6.07, 6.45) is 5.43. The van der Waals surface area contributed by atoms with E-state index < -0.39 is 0 Å². The molecular formula is C18H27N3O3. The number of carbonyl (C=O) groups excluding carboxylic acids is 2. The van der Waals surface area contributed by atoms with Gasteiger partial charge >= 0.3 is 0 Å². The summed E-state index contributed by atoms with van der Waals surface area (Å²) in [6, 6.07) is 3.72. The van der Waals surface area contributed by atoms with E-state index in [-0.39, 0.29) is 17.2 Å². The van der Waals surface area contributed by atoms with Gasteiger partial charge in [0.05, 0.1) is 5.41 Å². The van der Waals surface area contributed by atoms with Crippen molar-refractivity contribution < 1.29 is 14.3 Å². The monoisotopic (exact) mass is 333 g/mol. The first-order valence-corrected chi connectivity index (χ1v) is 8.76. The highest BCUT2D eigenvalue weighted by molar-refractivity contribution is 5.94. The van der Waals surface area contributed by atoms with Crippen LogP contribution in [0.2, 0.25) is 0 Å². The molecule has 0 aromatic carbocycles. The summed E-state index contributed by atoms with van der Waals surface area (Å²) in [5.74, 6) is 0.260. The number of hydrogen-bond donors (Lipinski definition) is 0. The smallest absolute Gasteiger partial charge is 0.270 e. The first-order chi connectivity index (χ1) is 11.6. The maximum absolute atomic E-state index is 13.0. The third kappa shape index (κ3) is 3.07. The average molecular weight is 333 g/mol. The molecule has 1 aromatic heterocycles. The number of carbonyl (C=O) groups is 2. The lowest BCUT2D eigenvalue weighted by Crippen LogP contribution is -2.50. The predicted octanol–water partition coefficient (Wildman–Crippen LogP) is 1.52. The molecule has 2 fully saturated rings. The minimum atomic E-state index is -0.369. The minimum Gasteiger partial charge on any atom is -0.385 e. The Balaban J connectivity index is 1.67. The van der Waals surface area contributed by atoms with E-state index in [1.165, 1.54) is 0 Å².